The van der Waals surface area contributed by atoms with Crippen LogP contribution in [-0.4, -0.2) is 20.4 Å². The molecule has 5 nitrogen and oxygen atoms in total. The minimum absolute atomic E-state index is 0.286. The van der Waals surface area contributed by atoms with Crippen LogP contribution in [0.4, 0.5) is 0 Å². The van der Waals surface area contributed by atoms with E-state index in [1.807, 2.05) is 0 Å². The number of alkyl halides is 1. The second-order valence-corrected chi connectivity index (χ2v) is 3.35. The zero-order valence-corrected chi connectivity index (χ0v) is 8.14. The SMILES string of the molecule is CC(Cl)c1nnc(-c2ccnnc2)o1. The Hall–Kier alpha value is -1.49. The van der Waals surface area contributed by atoms with Crippen LogP contribution in [0.15, 0.2) is 22.9 Å². The van der Waals surface area contributed by atoms with E-state index in [1.165, 1.54) is 0 Å². The van der Waals surface area contributed by atoms with Crippen LogP contribution in [0.2, 0.25) is 0 Å². The molecular formula is C8H7ClN4O. The highest BCUT2D eigenvalue weighted by Crippen LogP contribution is 2.22. The van der Waals surface area contributed by atoms with Crippen LogP contribution in [0, 0.1) is 0 Å². The van der Waals surface area contributed by atoms with Crippen LogP contribution in [0.1, 0.15) is 18.2 Å². The summed E-state index contributed by atoms with van der Waals surface area (Å²) >= 11 is 5.78. The van der Waals surface area contributed by atoms with Crippen molar-refractivity contribution in [3.63, 3.8) is 0 Å². The van der Waals surface area contributed by atoms with Gasteiger partial charge < -0.3 is 4.42 Å². The Morgan fingerprint density at radius 1 is 1.36 bits per heavy atom. The first-order chi connectivity index (χ1) is 6.77. The van der Waals surface area contributed by atoms with Crippen molar-refractivity contribution in [2.24, 2.45) is 0 Å². The van der Waals surface area contributed by atoms with Gasteiger partial charge in [-0.2, -0.15) is 10.2 Å². The van der Waals surface area contributed by atoms with E-state index >= 15 is 0 Å². The highest BCUT2D eigenvalue weighted by Gasteiger charge is 2.12. The topological polar surface area (TPSA) is 64.7 Å². The van der Waals surface area contributed by atoms with E-state index in [1.54, 1.807) is 25.4 Å². The number of nitrogens with zero attached hydrogens (tertiary/aromatic N) is 4. The maximum absolute atomic E-state index is 5.78. The highest BCUT2D eigenvalue weighted by atomic mass is 35.5. The number of aromatic nitrogens is 4. The molecule has 0 aliphatic heterocycles. The first-order valence-electron chi connectivity index (χ1n) is 4.02. The van der Waals surface area contributed by atoms with Crippen LogP contribution in [0.25, 0.3) is 11.5 Å². The van der Waals surface area contributed by atoms with E-state index in [9.17, 15) is 0 Å². The third-order valence-corrected chi connectivity index (χ3v) is 1.80. The normalized spacial score (nSPS) is 12.7. The molecule has 0 aliphatic rings. The molecule has 2 rings (SSSR count). The maximum Gasteiger partial charge on any atom is 0.249 e. The fourth-order valence-corrected chi connectivity index (χ4v) is 1.02. The standard InChI is InChI=1S/C8H7ClN4O/c1-5(9)7-12-13-8(14-7)6-2-3-10-11-4-6/h2-5H,1H3. The summed E-state index contributed by atoms with van der Waals surface area (Å²) in [5.74, 6) is 0.806. The molecule has 0 spiro atoms. The van der Waals surface area contributed by atoms with Crippen molar-refractivity contribution < 1.29 is 4.42 Å². The molecule has 0 bridgehead atoms. The first kappa shape index (κ1) is 9.08. The lowest BCUT2D eigenvalue weighted by atomic mass is 10.3. The molecular weight excluding hydrogens is 204 g/mol. The summed E-state index contributed by atoms with van der Waals surface area (Å²) in [6.07, 6.45) is 3.11. The summed E-state index contributed by atoms with van der Waals surface area (Å²) in [5, 5.41) is 14.7. The van der Waals surface area contributed by atoms with Crippen LogP contribution in [0.5, 0.6) is 0 Å². The predicted octanol–water partition coefficient (Wildman–Crippen LogP) is 1.83. The van der Waals surface area contributed by atoms with Gasteiger partial charge in [-0.1, -0.05) is 0 Å². The fourth-order valence-electron chi connectivity index (χ4n) is 0.929. The van der Waals surface area contributed by atoms with E-state index < -0.39 is 0 Å². The molecule has 0 N–H and O–H groups in total. The summed E-state index contributed by atoms with van der Waals surface area (Å²) in [5.41, 5.74) is 0.732. The van der Waals surface area contributed by atoms with Crippen molar-refractivity contribution in [2.75, 3.05) is 0 Å². The quantitative estimate of drug-likeness (QED) is 0.708. The minimum Gasteiger partial charge on any atom is -0.419 e. The van der Waals surface area contributed by atoms with Crippen molar-refractivity contribution in [2.45, 2.75) is 12.3 Å². The summed E-state index contributed by atoms with van der Waals surface area (Å²) in [4.78, 5) is 0. The van der Waals surface area contributed by atoms with Crippen molar-refractivity contribution >= 4 is 11.6 Å². The van der Waals surface area contributed by atoms with Gasteiger partial charge in [-0.15, -0.1) is 21.8 Å². The molecule has 0 fully saturated rings. The molecule has 0 amide bonds. The van der Waals surface area contributed by atoms with E-state index in [2.05, 4.69) is 20.4 Å². The Balaban J connectivity index is 2.34. The van der Waals surface area contributed by atoms with Crippen LogP contribution in [0.3, 0.4) is 0 Å². The third kappa shape index (κ3) is 1.72. The van der Waals surface area contributed by atoms with Gasteiger partial charge in [-0.25, -0.2) is 0 Å². The van der Waals surface area contributed by atoms with Crippen LogP contribution < -0.4 is 0 Å². The Morgan fingerprint density at radius 3 is 2.79 bits per heavy atom. The Labute approximate surface area is 85.1 Å². The smallest absolute Gasteiger partial charge is 0.249 e. The number of rotatable bonds is 2. The van der Waals surface area contributed by atoms with E-state index in [-0.39, 0.29) is 5.38 Å². The van der Waals surface area contributed by atoms with Gasteiger partial charge in [-0.05, 0) is 13.0 Å². The molecule has 1 atom stereocenters. The van der Waals surface area contributed by atoms with Gasteiger partial charge in [0.2, 0.25) is 11.8 Å². The molecule has 2 aromatic rings. The lowest BCUT2D eigenvalue weighted by molar-refractivity contribution is 0.507. The van der Waals surface area contributed by atoms with Gasteiger partial charge >= 0.3 is 0 Å². The fraction of sp³-hybridized carbons (Fsp3) is 0.250. The van der Waals surface area contributed by atoms with Crippen molar-refractivity contribution in [3.05, 3.63) is 24.4 Å². The molecule has 0 aromatic carbocycles. The number of hydrogen-bond donors (Lipinski definition) is 0. The summed E-state index contributed by atoms with van der Waals surface area (Å²) in [6, 6.07) is 1.74. The van der Waals surface area contributed by atoms with E-state index in [4.69, 9.17) is 16.0 Å². The predicted molar refractivity (Wildman–Crippen MR) is 49.6 cm³/mol. The molecule has 14 heavy (non-hydrogen) atoms. The second-order valence-electron chi connectivity index (χ2n) is 2.69. The molecule has 2 heterocycles. The Kier molecular flexibility index (Phi) is 2.41. The van der Waals surface area contributed by atoms with Crippen LogP contribution in [-0.2, 0) is 0 Å². The van der Waals surface area contributed by atoms with Crippen molar-refractivity contribution in [3.8, 4) is 11.5 Å². The maximum atomic E-state index is 5.78. The number of hydrogen-bond acceptors (Lipinski definition) is 5. The first-order valence-corrected chi connectivity index (χ1v) is 4.45. The molecule has 72 valence electrons. The Bertz CT molecular complexity index is 414. The molecule has 0 radical (unpaired) electrons. The van der Waals surface area contributed by atoms with Gasteiger partial charge in [0.25, 0.3) is 0 Å². The average molecular weight is 211 g/mol. The van der Waals surface area contributed by atoms with Gasteiger partial charge in [0.1, 0.15) is 5.38 Å². The average Bonchev–Trinajstić information content (AvgIpc) is 2.68. The Morgan fingerprint density at radius 2 is 2.21 bits per heavy atom. The van der Waals surface area contributed by atoms with Gasteiger partial charge in [0.05, 0.1) is 18.0 Å². The van der Waals surface area contributed by atoms with Crippen LogP contribution >= 0.6 is 11.6 Å². The molecule has 0 saturated carbocycles. The summed E-state index contributed by atoms with van der Waals surface area (Å²) < 4.78 is 5.31. The van der Waals surface area contributed by atoms with Crippen molar-refractivity contribution in [1.82, 2.24) is 20.4 Å². The molecule has 2 aromatic heterocycles. The van der Waals surface area contributed by atoms with Gasteiger partial charge in [0.15, 0.2) is 0 Å². The lowest BCUT2D eigenvalue weighted by Crippen LogP contribution is -1.82. The molecule has 0 saturated heterocycles. The summed E-state index contributed by atoms with van der Waals surface area (Å²) in [7, 11) is 0. The molecule has 0 aliphatic carbocycles. The number of halogens is 1. The third-order valence-electron chi connectivity index (χ3n) is 1.61. The highest BCUT2D eigenvalue weighted by molar-refractivity contribution is 6.20. The largest absolute Gasteiger partial charge is 0.419 e. The van der Waals surface area contributed by atoms with E-state index in [0.717, 1.165) is 5.56 Å². The second kappa shape index (κ2) is 3.71. The minimum atomic E-state index is -0.286. The monoisotopic (exact) mass is 210 g/mol. The van der Waals surface area contributed by atoms with E-state index in [0.29, 0.717) is 11.8 Å². The zero-order chi connectivity index (χ0) is 9.97. The van der Waals surface area contributed by atoms with Gasteiger partial charge in [0, 0.05) is 0 Å². The molecule has 6 heteroatoms. The van der Waals surface area contributed by atoms with Gasteiger partial charge in [-0.3, -0.25) is 0 Å². The van der Waals surface area contributed by atoms with Crippen molar-refractivity contribution in [1.29, 1.82) is 0 Å². The summed E-state index contributed by atoms with van der Waals surface area (Å²) in [6.45, 7) is 1.77. The lowest BCUT2D eigenvalue weighted by Gasteiger charge is -1.92. The zero-order valence-electron chi connectivity index (χ0n) is 7.38. The molecule has 1 unspecified atom stereocenters.